The Balaban J connectivity index is 2.43. The van der Waals surface area contributed by atoms with Crippen LogP contribution in [-0.4, -0.2) is 41.0 Å². The maximum absolute atomic E-state index is 4.30. The van der Waals surface area contributed by atoms with Crippen LogP contribution in [0.3, 0.4) is 0 Å². The summed E-state index contributed by atoms with van der Waals surface area (Å²) in [6, 6.07) is 2.46. The van der Waals surface area contributed by atoms with Crippen LogP contribution < -0.4 is 5.32 Å². The van der Waals surface area contributed by atoms with E-state index in [0.29, 0.717) is 6.04 Å². The highest BCUT2D eigenvalue weighted by atomic mass is 79.9. The van der Waals surface area contributed by atoms with Crippen molar-refractivity contribution in [3.8, 4) is 0 Å². The molecule has 0 bridgehead atoms. The zero-order chi connectivity index (χ0) is 12.1. The molecule has 4 nitrogen and oxygen atoms in total. The number of anilines is 1. The van der Waals surface area contributed by atoms with Crippen LogP contribution in [0.2, 0.25) is 0 Å². The summed E-state index contributed by atoms with van der Waals surface area (Å²) in [4.78, 5) is 10.8. The molecule has 0 atom stereocenters. The zero-order valence-electron chi connectivity index (χ0n) is 10.3. The van der Waals surface area contributed by atoms with Gasteiger partial charge in [0.1, 0.15) is 16.2 Å². The molecule has 0 aliphatic heterocycles. The van der Waals surface area contributed by atoms with E-state index in [1.54, 1.807) is 0 Å². The average molecular weight is 287 g/mol. The van der Waals surface area contributed by atoms with Gasteiger partial charge in [0.15, 0.2) is 0 Å². The summed E-state index contributed by atoms with van der Waals surface area (Å²) in [5.41, 5.74) is 0. The van der Waals surface area contributed by atoms with Crippen molar-refractivity contribution in [1.29, 1.82) is 0 Å². The molecule has 16 heavy (non-hydrogen) atoms. The van der Waals surface area contributed by atoms with Gasteiger partial charge in [0, 0.05) is 25.2 Å². The van der Waals surface area contributed by atoms with Crippen molar-refractivity contribution < 1.29 is 0 Å². The molecule has 0 amide bonds. The van der Waals surface area contributed by atoms with E-state index in [9.17, 15) is 0 Å². The number of rotatable bonds is 5. The highest BCUT2D eigenvalue weighted by Gasteiger charge is 2.03. The second-order valence-electron chi connectivity index (χ2n) is 4.12. The lowest BCUT2D eigenvalue weighted by Gasteiger charge is -2.21. The van der Waals surface area contributed by atoms with Gasteiger partial charge in [-0.3, -0.25) is 0 Å². The van der Waals surface area contributed by atoms with Gasteiger partial charge in [0.2, 0.25) is 0 Å². The summed E-state index contributed by atoms with van der Waals surface area (Å²) in [7, 11) is 2.12. The molecule has 0 saturated heterocycles. The number of nitrogens with one attached hydrogen (secondary N) is 1. The minimum atomic E-state index is 0.570. The normalized spacial score (nSPS) is 11.2. The summed E-state index contributed by atoms with van der Waals surface area (Å²) < 4.78 is 0.819. The number of likely N-dealkylation sites (N-methyl/N-ethyl adjacent to an activating group) is 1. The first-order valence-electron chi connectivity index (χ1n) is 5.44. The van der Waals surface area contributed by atoms with Gasteiger partial charge in [-0.1, -0.05) is 0 Å². The Morgan fingerprint density at radius 3 is 2.69 bits per heavy atom. The third-order valence-electron chi connectivity index (χ3n) is 2.46. The van der Waals surface area contributed by atoms with Gasteiger partial charge in [0.05, 0.1) is 0 Å². The van der Waals surface area contributed by atoms with Crippen molar-refractivity contribution in [3.63, 3.8) is 0 Å². The predicted octanol–water partition coefficient (Wildman–Crippen LogP) is 2.30. The van der Waals surface area contributed by atoms with Crippen molar-refractivity contribution in [3.05, 3.63) is 16.5 Å². The number of nitrogens with zero attached hydrogens (tertiary/aromatic N) is 3. The fraction of sp³-hybridized carbons (Fsp3) is 0.636. The summed E-state index contributed by atoms with van der Waals surface area (Å²) in [5, 5.41) is 3.29. The number of hydrogen-bond acceptors (Lipinski definition) is 4. The molecule has 0 saturated carbocycles. The first kappa shape index (κ1) is 13.4. The maximum atomic E-state index is 4.30. The van der Waals surface area contributed by atoms with Gasteiger partial charge >= 0.3 is 0 Å². The van der Waals surface area contributed by atoms with Gasteiger partial charge in [-0.25, -0.2) is 9.97 Å². The second-order valence-corrected chi connectivity index (χ2v) is 4.94. The summed E-state index contributed by atoms with van der Waals surface area (Å²) in [6.07, 6.45) is 0. The molecule has 1 rings (SSSR count). The van der Waals surface area contributed by atoms with Crippen LogP contribution in [0.5, 0.6) is 0 Å². The Morgan fingerprint density at radius 2 is 2.12 bits per heavy atom. The van der Waals surface area contributed by atoms with Crippen molar-refractivity contribution in [2.75, 3.05) is 25.5 Å². The highest BCUT2D eigenvalue weighted by molar-refractivity contribution is 9.10. The molecule has 0 aliphatic rings. The Morgan fingerprint density at radius 1 is 1.44 bits per heavy atom. The Kier molecular flexibility index (Phi) is 5.15. The van der Waals surface area contributed by atoms with Gasteiger partial charge in [-0.2, -0.15) is 0 Å². The Bertz CT molecular complexity index is 321. The lowest BCUT2D eigenvalue weighted by molar-refractivity contribution is 0.284. The standard InChI is InChI=1S/C11H19BrN4/c1-8(2)16(4)6-5-13-11-7-10(12)14-9(3)15-11/h7-8H,5-6H2,1-4H3,(H,13,14,15). The topological polar surface area (TPSA) is 41.1 Å². The molecule has 0 aliphatic carbocycles. The lowest BCUT2D eigenvalue weighted by Crippen LogP contribution is -2.31. The average Bonchev–Trinajstić information content (AvgIpc) is 2.15. The SMILES string of the molecule is Cc1nc(Br)cc(NCCN(C)C(C)C)n1. The van der Waals surface area contributed by atoms with E-state index in [4.69, 9.17) is 0 Å². The molecule has 0 spiro atoms. The number of aryl methyl sites for hydroxylation is 1. The van der Waals surface area contributed by atoms with E-state index in [1.807, 2.05) is 13.0 Å². The quantitative estimate of drug-likeness (QED) is 0.844. The zero-order valence-corrected chi connectivity index (χ0v) is 11.9. The van der Waals surface area contributed by atoms with E-state index in [0.717, 1.165) is 29.3 Å². The van der Waals surface area contributed by atoms with Crippen LogP contribution in [0, 0.1) is 6.92 Å². The van der Waals surface area contributed by atoms with Gasteiger partial charge < -0.3 is 10.2 Å². The van der Waals surface area contributed by atoms with E-state index >= 15 is 0 Å². The largest absolute Gasteiger partial charge is 0.369 e. The van der Waals surface area contributed by atoms with Crippen LogP contribution in [0.4, 0.5) is 5.82 Å². The van der Waals surface area contributed by atoms with Gasteiger partial charge in [0.25, 0.3) is 0 Å². The van der Waals surface area contributed by atoms with Crippen LogP contribution in [0.1, 0.15) is 19.7 Å². The lowest BCUT2D eigenvalue weighted by atomic mass is 10.3. The molecule has 0 fully saturated rings. The van der Waals surface area contributed by atoms with Crippen LogP contribution in [-0.2, 0) is 0 Å². The van der Waals surface area contributed by atoms with E-state index in [-0.39, 0.29) is 0 Å². The summed E-state index contributed by atoms with van der Waals surface area (Å²) in [5.74, 6) is 1.64. The number of aromatic nitrogens is 2. The monoisotopic (exact) mass is 286 g/mol. The second kappa shape index (κ2) is 6.15. The molecule has 1 aromatic rings. The molecular weight excluding hydrogens is 268 g/mol. The fourth-order valence-corrected chi connectivity index (χ4v) is 1.71. The van der Waals surface area contributed by atoms with E-state index in [1.165, 1.54) is 0 Å². The third-order valence-corrected chi connectivity index (χ3v) is 2.87. The Hall–Kier alpha value is -0.680. The minimum Gasteiger partial charge on any atom is -0.369 e. The molecule has 5 heteroatoms. The van der Waals surface area contributed by atoms with Gasteiger partial charge in [-0.15, -0.1) is 0 Å². The van der Waals surface area contributed by atoms with Crippen molar-refractivity contribution in [1.82, 2.24) is 14.9 Å². The molecule has 1 aromatic heterocycles. The van der Waals surface area contributed by atoms with Crippen molar-refractivity contribution >= 4 is 21.7 Å². The first-order valence-corrected chi connectivity index (χ1v) is 6.23. The first-order chi connectivity index (χ1) is 7.49. The van der Waals surface area contributed by atoms with Crippen molar-refractivity contribution in [2.24, 2.45) is 0 Å². The molecule has 0 aromatic carbocycles. The van der Waals surface area contributed by atoms with Crippen LogP contribution in [0.25, 0.3) is 0 Å². The minimum absolute atomic E-state index is 0.570. The smallest absolute Gasteiger partial charge is 0.130 e. The maximum Gasteiger partial charge on any atom is 0.130 e. The van der Waals surface area contributed by atoms with Crippen molar-refractivity contribution in [2.45, 2.75) is 26.8 Å². The fourth-order valence-electron chi connectivity index (χ4n) is 1.24. The Labute approximate surface area is 106 Å². The molecule has 0 radical (unpaired) electrons. The predicted molar refractivity (Wildman–Crippen MR) is 70.7 cm³/mol. The van der Waals surface area contributed by atoms with E-state index in [2.05, 4.69) is 57.0 Å². The molecular formula is C11H19BrN4. The molecule has 1 heterocycles. The summed E-state index contributed by atoms with van der Waals surface area (Å²) in [6.45, 7) is 8.14. The summed E-state index contributed by atoms with van der Waals surface area (Å²) >= 11 is 3.36. The molecule has 1 N–H and O–H groups in total. The van der Waals surface area contributed by atoms with Gasteiger partial charge in [-0.05, 0) is 43.7 Å². The molecule has 0 unspecified atom stereocenters. The molecule has 90 valence electrons. The van der Waals surface area contributed by atoms with Crippen LogP contribution >= 0.6 is 15.9 Å². The van der Waals surface area contributed by atoms with Crippen LogP contribution in [0.15, 0.2) is 10.7 Å². The van der Waals surface area contributed by atoms with E-state index < -0.39 is 0 Å². The number of halogens is 1. The highest BCUT2D eigenvalue weighted by Crippen LogP contribution is 2.11. The third kappa shape index (κ3) is 4.45. The number of hydrogen-bond donors (Lipinski definition) is 1.